The van der Waals surface area contributed by atoms with Gasteiger partial charge in [0.05, 0.1) is 19.3 Å². The van der Waals surface area contributed by atoms with Gasteiger partial charge in [-0.3, -0.25) is 9.78 Å². The van der Waals surface area contributed by atoms with Gasteiger partial charge in [0.25, 0.3) is 5.91 Å². The number of carbonyl (C=O) groups excluding carboxylic acids is 1. The number of halogens is 4. The molecule has 0 aliphatic carbocycles. The SMILES string of the molecule is COc1cc(C(=O)NCC(O)(c2cc3c(c(-c4ccc(F)cc4)n2)OCC3(/C=C/c2ccccc2)N[S+]([O-])C(C)(C)C)C(F)(F)F)cc2cccnc12. The normalized spacial score (nSPS) is 17.6. The second-order valence-corrected chi connectivity index (χ2v) is 15.5. The molecular formula is C39H36F4N4O5S. The minimum Gasteiger partial charge on any atom is -0.598 e. The molecule has 3 heterocycles. The topological polar surface area (TPSA) is 129 Å². The van der Waals surface area contributed by atoms with Crippen LogP contribution in [0.3, 0.4) is 0 Å². The summed E-state index contributed by atoms with van der Waals surface area (Å²) in [5.74, 6) is -1.26. The first-order valence-electron chi connectivity index (χ1n) is 16.4. The van der Waals surface area contributed by atoms with Crippen LogP contribution in [0.5, 0.6) is 11.5 Å². The molecule has 9 nitrogen and oxygen atoms in total. The third-order valence-electron chi connectivity index (χ3n) is 8.76. The van der Waals surface area contributed by atoms with Crippen molar-refractivity contribution in [1.82, 2.24) is 20.0 Å². The molecule has 1 aliphatic rings. The second kappa shape index (κ2) is 14.4. The van der Waals surface area contributed by atoms with Gasteiger partial charge in [-0.25, -0.2) is 9.37 Å². The highest BCUT2D eigenvalue weighted by Crippen LogP contribution is 2.48. The number of fused-ring (bicyclic) bond motifs is 2. The maximum absolute atomic E-state index is 15.2. The number of ether oxygens (including phenoxy) is 2. The van der Waals surface area contributed by atoms with Crippen molar-refractivity contribution in [2.24, 2.45) is 0 Å². The zero-order valence-corrected chi connectivity index (χ0v) is 29.9. The largest absolute Gasteiger partial charge is 0.598 e. The Hall–Kier alpha value is -5.02. The van der Waals surface area contributed by atoms with E-state index >= 15 is 13.2 Å². The van der Waals surface area contributed by atoms with Crippen molar-refractivity contribution in [1.29, 1.82) is 0 Å². The number of hydrogen-bond acceptors (Lipinski definition) is 8. The van der Waals surface area contributed by atoms with Crippen LogP contribution in [0.25, 0.3) is 28.2 Å². The van der Waals surface area contributed by atoms with Crippen LogP contribution in [0.1, 0.15) is 48.0 Å². The van der Waals surface area contributed by atoms with Gasteiger partial charge in [-0.05, 0) is 74.9 Å². The molecule has 0 saturated carbocycles. The van der Waals surface area contributed by atoms with Gasteiger partial charge in [-0.15, -0.1) is 4.72 Å². The monoisotopic (exact) mass is 748 g/mol. The van der Waals surface area contributed by atoms with Gasteiger partial charge in [0, 0.05) is 39.6 Å². The summed E-state index contributed by atoms with van der Waals surface area (Å²) in [6.07, 6.45) is -0.486. The number of amides is 1. The molecule has 3 aromatic carbocycles. The van der Waals surface area contributed by atoms with Gasteiger partial charge < -0.3 is 24.4 Å². The number of methoxy groups -OCH3 is 1. The Balaban J connectivity index is 1.50. The Kier molecular flexibility index (Phi) is 10.3. The summed E-state index contributed by atoms with van der Waals surface area (Å²) in [6.45, 7) is 3.64. The smallest absolute Gasteiger partial charge is 0.424 e. The minimum atomic E-state index is -5.38. The van der Waals surface area contributed by atoms with Crippen LogP contribution in [0, 0.1) is 5.82 Å². The zero-order valence-electron chi connectivity index (χ0n) is 29.1. The van der Waals surface area contributed by atoms with Crippen molar-refractivity contribution in [3.63, 3.8) is 0 Å². The first-order valence-corrected chi connectivity index (χ1v) is 17.6. The highest BCUT2D eigenvalue weighted by molar-refractivity contribution is 7.90. The molecule has 5 aromatic rings. The van der Waals surface area contributed by atoms with E-state index in [1.54, 1.807) is 45.1 Å². The van der Waals surface area contributed by atoms with Gasteiger partial charge in [-0.1, -0.05) is 48.6 Å². The number of hydrogen-bond donors (Lipinski definition) is 3. The molecular weight excluding hydrogens is 713 g/mol. The van der Waals surface area contributed by atoms with Crippen molar-refractivity contribution in [2.75, 3.05) is 20.3 Å². The molecule has 2 aromatic heterocycles. The quantitative estimate of drug-likeness (QED) is 0.103. The van der Waals surface area contributed by atoms with Crippen molar-refractivity contribution < 1.29 is 41.5 Å². The molecule has 0 saturated heterocycles. The van der Waals surface area contributed by atoms with E-state index in [4.69, 9.17) is 9.47 Å². The van der Waals surface area contributed by atoms with Crippen LogP contribution in [0.2, 0.25) is 0 Å². The van der Waals surface area contributed by atoms with Gasteiger partial charge >= 0.3 is 6.18 Å². The molecule has 6 rings (SSSR count). The van der Waals surface area contributed by atoms with E-state index in [0.717, 1.165) is 23.8 Å². The number of alkyl halides is 3. The lowest BCUT2D eigenvalue weighted by molar-refractivity contribution is -0.265. The average molecular weight is 749 g/mol. The summed E-state index contributed by atoms with van der Waals surface area (Å²) in [4.78, 5) is 21.9. The van der Waals surface area contributed by atoms with Crippen LogP contribution in [0.15, 0.2) is 97.2 Å². The van der Waals surface area contributed by atoms with Crippen molar-refractivity contribution >= 4 is 34.2 Å². The number of benzene rings is 3. The second-order valence-electron chi connectivity index (χ2n) is 13.5. The Morgan fingerprint density at radius 3 is 2.43 bits per heavy atom. The fourth-order valence-corrected chi connectivity index (χ4v) is 6.63. The zero-order chi connectivity index (χ0) is 38.2. The number of aromatic nitrogens is 2. The summed E-state index contributed by atoms with van der Waals surface area (Å²) in [5, 5.41) is 14.4. The highest BCUT2D eigenvalue weighted by atomic mass is 32.2. The third-order valence-corrected chi connectivity index (χ3v) is 10.4. The first-order chi connectivity index (χ1) is 25.0. The summed E-state index contributed by atoms with van der Waals surface area (Å²) in [5.41, 5.74) is -4.83. The fourth-order valence-electron chi connectivity index (χ4n) is 5.76. The molecule has 14 heteroatoms. The highest BCUT2D eigenvalue weighted by Gasteiger charge is 2.58. The molecule has 3 atom stereocenters. The predicted octanol–water partition coefficient (Wildman–Crippen LogP) is 6.98. The van der Waals surface area contributed by atoms with Gasteiger partial charge in [0.1, 0.15) is 39.7 Å². The van der Waals surface area contributed by atoms with E-state index in [1.165, 1.54) is 37.6 Å². The standard InChI is InChI=1S/C39H36F4N4O5S/c1-36(2,3)53(50)47-37(17-16-24-9-6-5-7-10-24)23-52-34-29(37)21-31(46-33(34)25-12-14-28(40)15-13-25)38(49,39(41,42)43)22-45-35(48)27-19-26-11-8-18-44-32(26)30(20-27)51-4/h5-21,47,49H,22-23H2,1-4H3,(H,45,48)/b17-16+. The van der Waals surface area contributed by atoms with Crippen LogP contribution in [0.4, 0.5) is 17.6 Å². The van der Waals surface area contributed by atoms with Crippen molar-refractivity contribution in [3.8, 4) is 22.8 Å². The van der Waals surface area contributed by atoms with Gasteiger partial charge in [0.2, 0.25) is 5.60 Å². The molecule has 1 aliphatic heterocycles. The van der Waals surface area contributed by atoms with E-state index < -0.39 is 57.4 Å². The lowest BCUT2D eigenvalue weighted by atomic mass is 9.87. The molecule has 276 valence electrons. The Bertz CT molecular complexity index is 2160. The Morgan fingerprint density at radius 1 is 1.06 bits per heavy atom. The molecule has 1 amide bonds. The molecule has 53 heavy (non-hydrogen) atoms. The van der Waals surface area contributed by atoms with E-state index in [9.17, 15) is 18.8 Å². The molecule has 3 N–H and O–H groups in total. The summed E-state index contributed by atoms with van der Waals surface area (Å²) < 4.78 is 87.1. The average Bonchev–Trinajstić information content (AvgIpc) is 3.49. The third kappa shape index (κ3) is 7.58. The van der Waals surface area contributed by atoms with Crippen LogP contribution >= 0.6 is 0 Å². The maximum atomic E-state index is 15.2. The van der Waals surface area contributed by atoms with Crippen LogP contribution in [-0.2, 0) is 22.5 Å². The molecule has 0 bridgehead atoms. The minimum absolute atomic E-state index is 0.0342. The molecule has 0 radical (unpaired) electrons. The number of rotatable bonds is 10. The van der Waals surface area contributed by atoms with Crippen LogP contribution < -0.4 is 19.5 Å². The summed E-state index contributed by atoms with van der Waals surface area (Å²) in [6, 6.07) is 21.1. The Morgan fingerprint density at radius 2 is 1.77 bits per heavy atom. The first kappa shape index (κ1) is 37.7. The van der Waals surface area contributed by atoms with E-state index in [0.29, 0.717) is 10.9 Å². The lowest BCUT2D eigenvalue weighted by Gasteiger charge is -2.34. The van der Waals surface area contributed by atoms with Crippen molar-refractivity contribution in [3.05, 3.63) is 125 Å². The molecule has 3 unspecified atom stereocenters. The predicted molar refractivity (Wildman–Crippen MR) is 194 cm³/mol. The van der Waals surface area contributed by atoms with E-state index in [-0.39, 0.29) is 40.5 Å². The number of carbonyl (C=O) groups is 1. The fraction of sp³-hybridized carbons (Fsp3) is 0.256. The lowest BCUT2D eigenvalue weighted by Crippen LogP contribution is -2.53. The maximum Gasteiger partial charge on any atom is 0.424 e. The van der Waals surface area contributed by atoms with E-state index in [2.05, 4.69) is 20.0 Å². The van der Waals surface area contributed by atoms with Gasteiger partial charge in [0.15, 0.2) is 5.75 Å². The number of pyridine rings is 2. The van der Waals surface area contributed by atoms with Crippen molar-refractivity contribution in [2.45, 2.75) is 42.8 Å². The van der Waals surface area contributed by atoms with Gasteiger partial charge in [-0.2, -0.15) is 13.2 Å². The number of aliphatic hydroxyl groups is 1. The number of nitrogens with one attached hydrogen (secondary N) is 2. The molecule has 0 spiro atoms. The molecule has 0 fully saturated rings. The number of nitrogens with zero attached hydrogens (tertiary/aromatic N) is 2. The summed E-state index contributed by atoms with van der Waals surface area (Å²) >= 11 is -1.78. The Labute approximate surface area is 306 Å². The summed E-state index contributed by atoms with van der Waals surface area (Å²) in [7, 11) is 1.37. The van der Waals surface area contributed by atoms with Crippen LogP contribution in [-0.4, -0.2) is 56.7 Å². The van der Waals surface area contributed by atoms with E-state index in [1.807, 2.05) is 30.3 Å².